The summed E-state index contributed by atoms with van der Waals surface area (Å²) in [7, 11) is 7.79. The van der Waals surface area contributed by atoms with Crippen LogP contribution in [0.5, 0.6) is 11.5 Å². The fourth-order valence-corrected chi connectivity index (χ4v) is 12.0. The maximum atomic E-state index is 15.2. The van der Waals surface area contributed by atoms with Crippen molar-refractivity contribution in [3.8, 4) is 11.5 Å². The Hall–Kier alpha value is -8.68. The van der Waals surface area contributed by atoms with E-state index in [0.29, 0.717) is 73.3 Å². The number of nitrogens with one attached hydrogen (secondary N) is 2. The Morgan fingerprint density at radius 2 is 1.31 bits per heavy atom. The molecule has 0 radical (unpaired) electrons. The zero-order chi connectivity index (χ0) is 65.2. The number of hydrogen-bond acceptors (Lipinski definition) is 13. The molecular formula is C70H89N7O13. The van der Waals surface area contributed by atoms with Crippen LogP contribution in [0.25, 0.3) is 0 Å². The highest BCUT2D eigenvalue weighted by Gasteiger charge is 2.45. The summed E-state index contributed by atoms with van der Waals surface area (Å²) >= 11 is 0. The smallest absolute Gasteiger partial charge is 0.330 e. The Morgan fingerprint density at radius 1 is 0.644 bits per heavy atom. The molecule has 20 nitrogen and oxygen atoms in total. The second kappa shape index (κ2) is 32.2. The molecule has 2 N–H and O–H groups in total. The molecule has 3 aliphatic heterocycles. The Balaban J connectivity index is 1.20. The molecular weight excluding hydrogens is 1150 g/mol. The lowest BCUT2D eigenvalue weighted by Gasteiger charge is -2.37. The number of aryl methyl sites for hydroxylation is 1. The fourth-order valence-electron chi connectivity index (χ4n) is 12.0. The number of Topliss-reactive ketones (excluding diaryl/α,β-unsaturated/α-hetero) is 2. The lowest BCUT2D eigenvalue weighted by atomic mass is 9.87. The summed E-state index contributed by atoms with van der Waals surface area (Å²) in [6, 6.07) is 25.9. The van der Waals surface area contributed by atoms with Gasteiger partial charge in [0.2, 0.25) is 41.2 Å². The first-order chi connectivity index (χ1) is 43.0. The van der Waals surface area contributed by atoms with Crippen LogP contribution >= 0.6 is 0 Å². The van der Waals surface area contributed by atoms with E-state index in [1.165, 1.54) is 57.6 Å². The molecule has 2 bridgehead atoms. The van der Waals surface area contributed by atoms with Crippen molar-refractivity contribution in [3.05, 3.63) is 138 Å². The minimum Gasteiger partial charge on any atom is -0.493 e. The maximum absolute atomic E-state index is 15.2. The number of ketones is 2. The van der Waals surface area contributed by atoms with E-state index in [4.69, 9.17) is 14.2 Å². The van der Waals surface area contributed by atoms with E-state index in [-0.39, 0.29) is 75.8 Å². The first-order valence-electron chi connectivity index (χ1n) is 31.3. The number of carbonyl (C=O) groups is 10. The molecule has 0 saturated carbocycles. The van der Waals surface area contributed by atoms with E-state index >= 15 is 9.59 Å². The number of esters is 1. The summed E-state index contributed by atoms with van der Waals surface area (Å²) in [5, 5.41) is 6.08. The zero-order valence-corrected chi connectivity index (χ0v) is 53.6. The summed E-state index contributed by atoms with van der Waals surface area (Å²) in [6.07, 6.45) is 5.67. The molecule has 4 aromatic carbocycles. The Morgan fingerprint density at radius 3 is 2.01 bits per heavy atom. The summed E-state index contributed by atoms with van der Waals surface area (Å²) in [5.74, 6) is -5.57. The van der Waals surface area contributed by atoms with Crippen LogP contribution in [0, 0.1) is 11.3 Å². The van der Waals surface area contributed by atoms with Gasteiger partial charge in [0.1, 0.15) is 36.6 Å². The number of cyclic esters (lactones) is 1. The van der Waals surface area contributed by atoms with Crippen molar-refractivity contribution < 1.29 is 62.2 Å². The van der Waals surface area contributed by atoms with E-state index < -0.39 is 95.3 Å². The van der Waals surface area contributed by atoms with Gasteiger partial charge in [-0.1, -0.05) is 98.8 Å². The molecule has 6 atom stereocenters. The van der Waals surface area contributed by atoms with Gasteiger partial charge < -0.3 is 49.3 Å². The van der Waals surface area contributed by atoms with E-state index in [0.717, 1.165) is 11.1 Å². The van der Waals surface area contributed by atoms with Gasteiger partial charge in [-0.15, -0.1) is 0 Å². The topological polar surface area (TPSA) is 239 Å². The van der Waals surface area contributed by atoms with Gasteiger partial charge in [-0.05, 0) is 124 Å². The van der Waals surface area contributed by atoms with Gasteiger partial charge in [-0.25, -0.2) is 4.79 Å². The highest BCUT2D eigenvalue weighted by atomic mass is 16.5. The van der Waals surface area contributed by atoms with Crippen molar-refractivity contribution in [3.63, 3.8) is 0 Å². The number of hydrogen-bond donors (Lipinski definition) is 2. The molecule has 20 heteroatoms. The largest absolute Gasteiger partial charge is 0.493 e. The van der Waals surface area contributed by atoms with Crippen molar-refractivity contribution >= 4 is 64.6 Å². The lowest BCUT2D eigenvalue weighted by molar-refractivity contribution is -0.157. The molecule has 0 spiro atoms. The van der Waals surface area contributed by atoms with Gasteiger partial charge in [0.25, 0.3) is 5.91 Å². The predicted octanol–water partition coefficient (Wildman–Crippen LogP) is 7.83. The van der Waals surface area contributed by atoms with Gasteiger partial charge in [0.05, 0.1) is 31.6 Å². The quantitative estimate of drug-likeness (QED) is 0.114. The number of piperidine rings is 1. The number of rotatable bonds is 10. The molecule has 2 fully saturated rings. The number of nitrogens with zero attached hydrogens (tertiary/aromatic N) is 5. The third-order valence-corrected chi connectivity index (χ3v) is 17.3. The van der Waals surface area contributed by atoms with Crippen molar-refractivity contribution in [2.45, 2.75) is 147 Å². The monoisotopic (exact) mass is 1240 g/mol. The number of methoxy groups -OCH3 is 2. The van der Waals surface area contributed by atoms with E-state index in [1.807, 2.05) is 62.4 Å². The molecule has 7 rings (SSSR count). The van der Waals surface area contributed by atoms with Gasteiger partial charge in [-0.2, -0.15) is 0 Å². The highest BCUT2D eigenvalue weighted by molar-refractivity contribution is 6.38. The van der Waals surface area contributed by atoms with Gasteiger partial charge >= 0.3 is 5.97 Å². The molecule has 3 heterocycles. The number of benzene rings is 4. The molecule has 2 saturated heterocycles. The lowest BCUT2D eigenvalue weighted by Crippen LogP contribution is -2.57. The van der Waals surface area contributed by atoms with E-state index in [2.05, 4.69) is 10.6 Å². The number of fused-ring (bicyclic) bond motifs is 4. The van der Waals surface area contributed by atoms with Crippen LogP contribution in [-0.4, -0.2) is 169 Å². The molecule has 3 aliphatic rings. The number of ether oxygens (including phenoxy) is 3. The third-order valence-electron chi connectivity index (χ3n) is 17.3. The second-order valence-electron chi connectivity index (χ2n) is 24.9. The van der Waals surface area contributed by atoms with Crippen molar-refractivity contribution in [2.24, 2.45) is 11.3 Å². The maximum Gasteiger partial charge on any atom is 0.330 e. The average molecular weight is 1240 g/mol. The van der Waals surface area contributed by atoms with E-state index in [1.54, 1.807) is 82.9 Å². The van der Waals surface area contributed by atoms with Crippen LogP contribution in [0.4, 0.5) is 5.69 Å². The summed E-state index contributed by atoms with van der Waals surface area (Å²) in [5.41, 5.74) is 1.70. The Labute approximate surface area is 529 Å². The first kappa shape index (κ1) is 68.8. The summed E-state index contributed by atoms with van der Waals surface area (Å²) in [4.78, 5) is 151. The minimum atomic E-state index is -1.48. The van der Waals surface area contributed by atoms with Gasteiger partial charge in [-0.3, -0.25) is 43.2 Å². The molecule has 7 amide bonds. The number of anilines is 1. The third kappa shape index (κ3) is 18.0. The molecule has 1 unspecified atom stereocenters. The van der Waals surface area contributed by atoms with Crippen LogP contribution in [0.2, 0.25) is 0 Å². The summed E-state index contributed by atoms with van der Waals surface area (Å²) < 4.78 is 16.6. The van der Waals surface area contributed by atoms with E-state index in [9.17, 15) is 38.4 Å². The Kier molecular flexibility index (Phi) is 24.6. The van der Waals surface area contributed by atoms with Gasteiger partial charge in [0.15, 0.2) is 11.5 Å². The Bertz CT molecular complexity index is 3240. The molecule has 0 aromatic heterocycles. The fraction of sp³-hybridized carbons (Fsp3) is 0.486. The molecule has 0 aliphatic carbocycles. The number of carbonyl (C=O) groups excluding carboxylic acids is 10. The van der Waals surface area contributed by atoms with Crippen molar-refractivity contribution in [1.29, 1.82) is 0 Å². The SMILES string of the molecule is COc1ccc(CC[C@H]2NC(=O)[C@@H]3CCCCN3C(=O)C(=O)C(C)(C)COC(=O)C=CCCN(C)C(=O)[C@H](CC(C)C)N(C)C(=O)[C@H]3CCCN3C(=O)[C@H](Cc3ccccc3)N(C)C(=O)C(c3ccccc3)CC(=O)CCC(=O)Nc3cccc2c3)cc1OC. The van der Waals surface area contributed by atoms with Crippen LogP contribution < -0.4 is 20.1 Å². The summed E-state index contributed by atoms with van der Waals surface area (Å²) in [6.45, 7) is 6.97. The highest BCUT2D eigenvalue weighted by Crippen LogP contribution is 2.33. The zero-order valence-electron chi connectivity index (χ0n) is 53.6. The number of amides is 7. The number of likely N-dealkylation sites (N-methyl/N-ethyl adjacent to an activating group) is 3. The van der Waals surface area contributed by atoms with Crippen molar-refractivity contribution in [1.82, 2.24) is 29.8 Å². The van der Waals surface area contributed by atoms with Crippen LogP contribution in [0.15, 0.2) is 115 Å². The standard InChI is InChI=1S/C70H89N7O13/c1-46(2)40-57-66(84)73(5)37-18-17-30-62(80)90-45-70(3,4)63(81)69(87)76-38-19-16-28-55(76)64(82)72-54(34-31-48-32-35-59(88-8)60(42-48)89-9)50-26-20-27-51(43-50)71-61(79)36-33-52(78)44-53(49-24-14-11-15-25-49)65(83)74(6)58(41-47-22-12-10-13-23-47)68(86)77-39-21-29-56(77)67(85)75(57)7/h10-15,17,20,22-27,30,32,35,42-43,46,53-58H,16,18-19,21,28-29,31,33-34,36-41,44-45H2,1-9H3,(H,71,79)(H,72,82)/t53?,54-,55+,56-,57+,58+/m1/s1. The van der Waals surface area contributed by atoms with Crippen LogP contribution in [0.1, 0.15) is 133 Å². The minimum absolute atomic E-state index is 0.0178. The normalized spacial score (nSPS) is 23.1. The molecule has 90 heavy (non-hydrogen) atoms. The molecule has 482 valence electrons. The van der Waals surface area contributed by atoms with Gasteiger partial charge in [0, 0.05) is 78.2 Å². The van der Waals surface area contributed by atoms with Crippen LogP contribution in [-0.2, 0) is 65.5 Å². The average Bonchev–Trinajstić information content (AvgIpc) is 1.52. The van der Waals surface area contributed by atoms with Crippen LogP contribution in [0.3, 0.4) is 0 Å². The second-order valence-corrected chi connectivity index (χ2v) is 24.9. The van der Waals surface area contributed by atoms with Crippen molar-refractivity contribution in [2.75, 3.05) is 66.9 Å². The predicted molar refractivity (Wildman–Crippen MR) is 340 cm³/mol. The molecule has 4 aromatic rings. The first-order valence-corrected chi connectivity index (χ1v) is 31.3.